The van der Waals surface area contributed by atoms with Crippen molar-refractivity contribution in [2.45, 2.75) is 19.4 Å². The van der Waals surface area contributed by atoms with E-state index < -0.39 is 0 Å². The van der Waals surface area contributed by atoms with E-state index in [2.05, 4.69) is 12.2 Å². The minimum atomic E-state index is 0.152. The third kappa shape index (κ3) is 1.88. The van der Waals surface area contributed by atoms with E-state index in [1.165, 1.54) is 0 Å². The summed E-state index contributed by atoms with van der Waals surface area (Å²) in [7, 11) is 1.58. The Morgan fingerprint density at radius 3 is 3.00 bits per heavy atom. The van der Waals surface area contributed by atoms with Gasteiger partial charge >= 0.3 is 0 Å². The summed E-state index contributed by atoms with van der Waals surface area (Å²) in [5.41, 5.74) is 0. The van der Waals surface area contributed by atoms with Gasteiger partial charge in [0.25, 0.3) is 0 Å². The number of fused-ring (bicyclic) bond motifs is 1. The van der Waals surface area contributed by atoms with Crippen molar-refractivity contribution in [1.29, 1.82) is 0 Å². The van der Waals surface area contributed by atoms with E-state index in [-0.39, 0.29) is 12.5 Å². The van der Waals surface area contributed by atoms with Crippen molar-refractivity contribution in [2.24, 2.45) is 11.8 Å². The highest BCUT2D eigenvalue weighted by molar-refractivity contribution is 5.78. The van der Waals surface area contributed by atoms with Crippen LogP contribution < -0.4 is 5.32 Å². The highest BCUT2D eigenvalue weighted by Crippen LogP contribution is 2.34. The van der Waals surface area contributed by atoms with Crippen LogP contribution in [0.1, 0.15) is 13.3 Å². The molecule has 1 N–H and O–H groups in total. The molecule has 0 aliphatic carbocycles. The fourth-order valence-corrected chi connectivity index (χ4v) is 3.04. The van der Waals surface area contributed by atoms with Crippen LogP contribution in [0.25, 0.3) is 0 Å². The predicted molar refractivity (Wildman–Crippen MR) is 57.5 cm³/mol. The Morgan fingerprint density at radius 1 is 1.53 bits per heavy atom. The largest absolute Gasteiger partial charge is 0.375 e. The van der Waals surface area contributed by atoms with Crippen LogP contribution in [0.5, 0.6) is 0 Å². The van der Waals surface area contributed by atoms with Crippen LogP contribution in [-0.2, 0) is 9.53 Å². The SMILES string of the molecule is CCC1C2CNCC2CN1C(=O)COC. The summed E-state index contributed by atoms with van der Waals surface area (Å²) < 4.78 is 4.92. The fourth-order valence-electron chi connectivity index (χ4n) is 3.04. The molecule has 2 saturated heterocycles. The van der Waals surface area contributed by atoms with Crippen LogP contribution in [0, 0.1) is 11.8 Å². The first-order chi connectivity index (χ1) is 7.27. The summed E-state index contributed by atoms with van der Waals surface area (Å²) in [6.45, 7) is 5.44. The minimum Gasteiger partial charge on any atom is -0.375 e. The van der Waals surface area contributed by atoms with Crippen LogP contribution in [0.4, 0.5) is 0 Å². The molecule has 0 bridgehead atoms. The van der Waals surface area contributed by atoms with Gasteiger partial charge in [0.1, 0.15) is 6.61 Å². The van der Waals surface area contributed by atoms with E-state index in [9.17, 15) is 4.79 Å². The molecule has 2 rings (SSSR count). The van der Waals surface area contributed by atoms with Crippen molar-refractivity contribution < 1.29 is 9.53 Å². The van der Waals surface area contributed by atoms with Crippen LogP contribution in [0.15, 0.2) is 0 Å². The van der Waals surface area contributed by atoms with E-state index in [1.807, 2.05) is 4.90 Å². The summed E-state index contributed by atoms with van der Waals surface area (Å²) in [5.74, 6) is 1.48. The number of hydrogen-bond acceptors (Lipinski definition) is 3. The summed E-state index contributed by atoms with van der Waals surface area (Å²) >= 11 is 0. The molecule has 4 heteroatoms. The van der Waals surface area contributed by atoms with Crippen LogP contribution in [0.2, 0.25) is 0 Å². The highest BCUT2D eigenvalue weighted by Gasteiger charge is 2.44. The van der Waals surface area contributed by atoms with Gasteiger partial charge in [-0.2, -0.15) is 0 Å². The predicted octanol–water partition coefficient (Wildman–Crippen LogP) is 0.0892. The monoisotopic (exact) mass is 212 g/mol. The maximum absolute atomic E-state index is 11.8. The molecule has 0 radical (unpaired) electrons. The molecule has 2 fully saturated rings. The third-order valence-electron chi connectivity index (χ3n) is 3.72. The Hall–Kier alpha value is -0.610. The van der Waals surface area contributed by atoms with Crippen LogP contribution in [-0.4, -0.2) is 50.2 Å². The maximum atomic E-state index is 11.8. The van der Waals surface area contributed by atoms with E-state index in [0.29, 0.717) is 17.9 Å². The van der Waals surface area contributed by atoms with Gasteiger partial charge in [-0.25, -0.2) is 0 Å². The molecule has 0 aromatic carbocycles. The first-order valence-corrected chi connectivity index (χ1v) is 5.77. The fraction of sp³-hybridized carbons (Fsp3) is 0.909. The lowest BCUT2D eigenvalue weighted by Gasteiger charge is -2.26. The smallest absolute Gasteiger partial charge is 0.248 e. The molecular formula is C11H20N2O2. The quantitative estimate of drug-likeness (QED) is 0.721. The van der Waals surface area contributed by atoms with Crippen molar-refractivity contribution in [3.63, 3.8) is 0 Å². The van der Waals surface area contributed by atoms with Crippen molar-refractivity contribution in [3.8, 4) is 0 Å². The van der Waals surface area contributed by atoms with Gasteiger partial charge in [-0.1, -0.05) is 6.92 Å². The average molecular weight is 212 g/mol. The molecule has 0 spiro atoms. The Morgan fingerprint density at radius 2 is 2.33 bits per heavy atom. The second-order valence-corrected chi connectivity index (χ2v) is 4.54. The van der Waals surface area contributed by atoms with E-state index in [1.54, 1.807) is 7.11 Å². The molecule has 0 aromatic rings. The summed E-state index contributed by atoms with van der Waals surface area (Å²) in [6.07, 6.45) is 1.05. The van der Waals surface area contributed by atoms with Gasteiger partial charge in [-0.05, 0) is 18.3 Å². The Balaban J connectivity index is 2.04. The number of likely N-dealkylation sites (tertiary alicyclic amines) is 1. The number of amides is 1. The molecule has 1 amide bonds. The maximum Gasteiger partial charge on any atom is 0.248 e. The summed E-state index contributed by atoms with van der Waals surface area (Å²) in [6, 6.07) is 0.424. The van der Waals surface area contributed by atoms with Gasteiger partial charge in [0.15, 0.2) is 0 Å². The molecule has 15 heavy (non-hydrogen) atoms. The molecule has 0 saturated carbocycles. The van der Waals surface area contributed by atoms with Crippen molar-refractivity contribution in [2.75, 3.05) is 33.4 Å². The second-order valence-electron chi connectivity index (χ2n) is 4.54. The number of nitrogens with zero attached hydrogens (tertiary/aromatic N) is 1. The van der Waals surface area contributed by atoms with Gasteiger partial charge in [-0.15, -0.1) is 0 Å². The molecular weight excluding hydrogens is 192 g/mol. The number of carbonyl (C=O) groups is 1. The molecule has 3 unspecified atom stereocenters. The lowest BCUT2D eigenvalue weighted by atomic mass is 9.93. The number of rotatable bonds is 3. The van der Waals surface area contributed by atoms with Gasteiger partial charge in [-0.3, -0.25) is 4.79 Å². The number of carbonyl (C=O) groups excluding carboxylic acids is 1. The van der Waals surface area contributed by atoms with Gasteiger partial charge in [0.05, 0.1) is 0 Å². The second kappa shape index (κ2) is 4.49. The van der Waals surface area contributed by atoms with Crippen molar-refractivity contribution in [1.82, 2.24) is 10.2 Å². The number of hydrogen-bond donors (Lipinski definition) is 1. The third-order valence-corrected chi connectivity index (χ3v) is 3.72. The number of methoxy groups -OCH3 is 1. The topological polar surface area (TPSA) is 41.6 Å². The molecule has 2 heterocycles. The van der Waals surface area contributed by atoms with E-state index in [0.717, 1.165) is 26.1 Å². The molecule has 3 atom stereocenters. The van der Waals surface area contributed by atoms with Gasteiger partial charge in [0.2, 0.25) is 5.91 Å². The van der Waals surface area contributed by atoms with Crippen molar-refractivity contribution in [3.05, 3.63) is 0 Å². The van der Waals surface area contributed by atoms with Crippen LogP contribution in [0.3, 0.4) is 0 Å². The first-order valence-electron chi connectivity index (χ1n) is 5.77. The van der Waals surface area contributed by atoms with Gasteiger partial charge in [0, 0.05) is 32.8 Å². The van der Waals surface area contributed by atoms with E-state index >= 15 is 0 Å². The zero-order chi connectivity index (χ0) is 10.8. The molecule has 2 aliphatic heterocycles. The normalized spacial score (nSPS) is 34.5. The highest BCUT2D eigenvalue weighted by atomic mass is 16.5. The molecule has 2 aliphatic rings. The Labute approximate surface area is 91.0 Å². The lowest BCUT2D eigenvalue weighted by molar-refractivity contribution is -0.136. The molecule has 4 nitrogen and oxygen atoms in total. The summed E-state index contributed by atoms with van der Waals surface area (Å²) in [4.78, 5) is 13.9. The van der Waals surface area contributed by atoms with Gasteiger partial charge < -0.3 is 15.0 Å². The average Bonchev–Trinajstić information content (AvgIpc) is 2.76. The summed E-state index contributed by atoms with van der Waals surface area (Å²) in [5, 5.41) is 3.41. The standard InChI is InChI=1S/C11H20N2O2/c1-3-10-9-5-12-4-8(9)6-13(10)11(14)7-15-2/h8-10,12H,3-7H2,1-2H3. The van der Waals surface area contributed by atoms with Crippen molar-refractivity contribution >= 4 is 5.91 Å². The zero-order valence-electron chi connectivity index (χ0n) is 9.53. The molecule has 86 valence electrons. The zero-order valence-corrected chi connectivity index (χ0v) is 9.53. The minimum absolute atomic E-state index is 0.152. The van der Waals surface area contributed by atoms with Crippen LogP contribution >= 0.6 is 0 Å². The number of ether oxygens (including phenoxy) is 1. The Bertz CT molecular complexity index is 245. The molecule has 0 aromatic heterocycles. The first kappa shape index (κ1) is 10.9. The lowest BCUT2D eigenvalue weighted by Crippen LogP contribution is -2.41. The number of nitrogens with one attached hydrogen (secondary N) is 1. The van der Waals surface area contributed by atoms with E-state index in [4.69, 9.17) is 4.74 Å². The Kier molecular flexibility index (Phi) is 3.26.